The van der Waals surface area contributed by atoms with Gasteiger partial charge in [0, 0.05) is 18.3 Å². The van der Waals surface area contributed by atoms with Crippen LogP contribution in [0.2, 0.25) is 0 Å². The third kappa shape index (κ3) is 3.19. The molecule has 0 aromatic carbocycles. The van der Waals surface area contributed by atoms with Gasteiger partial charge in [-0.05, 0) is 32.2 Å². The van der Waals surface area contributed by atoms with Gasteiger partial charge in [0.05, 0.1) is 12.0 Å². The zero-order chi connectivity index (χ0) is 12.9. The molecule has 1 aliphatic carbocycles. The monoisotopic (exact) mass is 261 g/mol. The molecule has 106 valence electrons. The van der Waals surface area contributed by atoms with Crippen LogP contribution in [0.25, 0.3) is 0 Å². The van der Waals surface area contributed by atoms with Crippen molar-refractivity contribution in [2.24, 2.45) is 0 Å². The summed E-state index contributed by atoms with van der Waals surface area (Å²) in [6.07, 6.45) is 17.9. The molecule has 2 fully saturated rings. The van der Waals surface area contributed by atoms with Crippen LogP contribution in [0.15, 0.2) is 12.5 Å². The smallest absolute Gasteiger partial charge is 0.0951 e. The predicted molar refractivity (Wildman–Crippen MR) is 78.2 cm³/mol. The van der Waals surface area contributed by atoms with Crippen LogP contribution in [-0.4, -0.2) is 16.1 Å². The molecule has 3 heteroatoms. The molecule has 3 nitrogen and oxygen atoms in total. The average Bonchev–Trinajstić information content (AvgIpc) is 2.88. The van der Waals surface area contributed by atoms with E-state index in [0.717, 1.165) is 0 Å². The van der Waals surface area contributed by atoms with Crippen molar-refractivity contribution < 1.29 is 0 Å². The summed E-state index contributed by atoms with van der Waals surface area (Å²) in [5, 5.41) is 3.67. The number of hydrogen-bond donors (Lipinski definition) is 1. The van der Waals surface area contributed by atoms with Crippen molar-refractivity contribution in [1.29, 1.82) is 0 Å². The van der Waals surface area contributed by atoms with E-state index < -0.39 is 0 Å². The van der Waals surface area contributed by atoms with Crippen LogP contribution in [0.3, 0.4) is 0 Å². The molecular formula is C16H27N3. The minimum absolute atomic E-state index is 0.543. The quantitative estimate of drug-likeness (QED) is 0.872. The Labute approximate surface area is 116 Å². The molecule has 1 atom stereocenters. The molecule has 19 heavy (non-hydrogen) atoms. The zero-order valence-corrected chi connectivity index (χ0v) is 12.0. The van der Waals surface area contributed by atoms with Gasteiger partial charge in [0.1, 0.15) is 0 Å². The maximum Gasteiger partial charge on any atom is 0.0951 e. The second-order valence-electron chi connectivity index (χ2n) is 6.23. The molecule has 1 aromatic heterocycles. The van der Waals surface area contributed by atoms with Gasteiger partial charge in [0.15, 0.2) is 0 Å². The Morgan fingerprint density at radius 1 is 0.947 bits per heavy atom. The summed E-state index contributed by atoms with van der Waals surface area (Å²) in [5.41, 5.74) is 1.44. The zero-order valence-electron chi connectivity index (χ0n) is 12.0. The van der Waals surface area contributed by atoms with Crippen molar-refractivity contribution in [2.45, 2.75) is 76.3 Å². The molecule has 1 N–H and O–H groups in total. The number of piperidine rings is 1. The Kier molecular flexibility index (Phi) is 4.54. The third-order valence-electron chi connectivity index (χ3n) is 4.83. The molecule has 2 aliphatic rings. The summed E-state index contributed by atoms with van der Waals surface area (Å²) in [7, 11) is 0. The lowest BCUT2D eigenvalue weighted by molar-refractivity contribution is 0.337. The van der Waals surface area contributed by atoms with Gasteiger partial charge in [-0.1, -0.05) is 38.5 Å². The molecule has 1 aliphatic heterocycles. The van der Waals surface area contributed by atoms with E-state index in [9.17, 15) is 0 Å². The van der Waals surface area contributed by atoms with Crippen molar-refractivity contribution in [3.63, 3.8) is 0 Å². The summed E-state index contributed by atoms with van der Waals surface area (Å²) < 4.78 is 2.49. The number of hydrogen-bond acceptors (Lipinski definition) is 2. The highest BCUT2D eigenvalue weighted by atomic mass is 15.1. The highest BCUT2D eigenvalue weighted by Gasteiger charge is 2.22. The third-order valence-corrected chi connectivity index (χ3v) is 4.83. The summed E-state index contributed by atoms with van der Waals surface area (Å²) in [4.78, 5) is 4.45. The van der Waals surface area contributed by atoms with Crippen LogP contribution >= 0.6 is 0 Å². The first kappa shape index (κ1) is 13.2. The number of rotatable bonds is 2. The van der Waals surface area contributed by atoms with E-state index in [-0.39, 0.29) is 0 Å². The van der Waals surface area contributed by atoms with E-state index in [1.165, 1.54) is 76.4 Å². The molecule has 1 saturated heterocycles. The maximum atomic E-state index is 4.45. The van der Waals surface area contributed by atoms with Gasteiger partial charge in [0.25, 0.3) is 0 Å². The topological polar surface area (TPSA) is 29.9 Å². The molecule has 0 spiro atoms. The Balaban J connectivity index is 1.73. The maximum absolute atomic E-state index is 4.45. The van der Waals surface area contributed by atoms with Crippen LogP contribution in [0.5, 0.6) is 0 Å². The number of nitrogens with one attached hydrogen (secondary N) is 1. The van der Waals surface area contributed by atoms with Gasteiger partial charge in [0.2, 0.25) is 0 Å². The minimum atomic E-state index is 0.543. The molecule has 3 rings (SSSR count). The van der Waals surface area contributed by atoms with E-state index in [0.29, 0.717) is 12.1 Å². The first-order chi connectivity index (χ1) is 9.45. The van der Waals surface area contributed by atoms with Crippen molar-refractivity contribution in [3.05, 3.63) is 18.2 Å². The summed E-state index contributed by atoms with van der Waals surface area (Å²) in [5.74, 6) is 0. The number of imidazole rings is 1. The Morgan fingerprint density at radius 2 is 1.68 bits per heavy atom. The fraction of sp³-hybridized carbons (Fsp3) is 0.812. The Hall–Kier alpha value is -0.830. The lowest BCUT2D eigenvalue weighted by Gasteiger charge is -2.28. The van der Waals surface area contributed by atoms with Gasteiger partial charge in [-0.2, -0.15) is 0 Å². The fourth-order valence-electron chi connectivity index (χ4n) is 3.71. The molecule has 1 unspecified atom stereocenters. The van der Waals surface area contributed by atoms with E-state index in [4.69, 9.17) is 0 Å². The van der Waals surface area contributed by atoms with E-state index in [1.807, 2.05) is 0 Å². The minimum Gasteiger partial charge on any atom is -0.330 e. The SMILES string of the molecule is c1ncn(C2CCCCCCC2)c1C1CCCCN1. The highest BCUT2D eigenvalue weighted by Crippen LogP contribution is 2.31. The first-order valence-electron chi connectivity index (χ1n) is 8.20. The van der Waals surface area contributed by atoms with Crippen LogP contribution < -0.4 is 5.32 Å². The highest BCUT2D eigenvalue weighted by molar-refractivity contribution is 5.08. The van der Waals surface area contributed by atoms with Crippen LogP contribution in [0, 0.1) is 0 Å². The van der Waals surface area contributed by atoms with Crippen molar-refractivity contribution >= 4 is 0 Å². The normalized spacial score (nSPS) is 26.8. The molecular weight excluding hydrogens is 234 g/mol. The first-order valence-corrected chi connectivity index (χ1v) is 8.20. The lowest BCUT2D eigenvalue weighted by atomic mass is 9.95. The van der Waals surface area contributed by atoms with E-state index >= 15 is 0 Å². The summed E-state index contributed by atoms with van der Waals surface area (Å²) in [6, 6.07) is 1.24. The Morgan fingerprint density at radius 3 is 2.42 bits per heavy atom. The van der Waals surface area contributed by atoms with Crippen LogP contribution in [-0.2, 0) is 0 Å². The van der Waals surface area contributed by atoms with Crippen LogP contribution in [0.4, 0.5) is 0 Å². The van der Waals surface area contributed by atoms with E-state index in [1.54, 1.807) is 0 Å². The number of nitrogens with zero attached hydrogens (tertiary/aromatic N) is 2. The van der Waals surface area contributed by atoms with Gasteiger partial charge < -0.3 is 9.88 Å². The molecule has 1 aromatic rings. The molecule has 0 radical (unpaired) electrons. The fourth-order valence-corrected chi connectivity index (χ4v) is 3.71. The van der Waals surface area contributed by atoms with Gasteiger partial charge in [-0.3, -0.25) is 0 Å². The van der Waals surface area contributed by atoms with Gasteiger partial charge in [-0.25, -0.2) is 4.98 Å². The van der Waals surface area contributed by atoms with Crippen molar-refractivity contribution in [3.8, 4) is 0 Å². The largest absolute Gasteiger partial charge is 0.330 e. The van der Waals surface area contributed by atoms with Gasteiger partial charge >= 0.3 is 0 Å². The summed E-state index contributed by atoms with van der Waals surface area (Å²) >= 11 is 0. The molecule has 2 heterocycles. The van der Waals surface area contributed by atoms with Crippen molar-refractivity contribution in [1.82, 2.24) is 14.9 Å². The van der Waals surface area contributed by atoms with Gasteiger partial charge in [-0.15, -0.1) is 0 Å². The second-order valence-corrected chi connectivity index (χ2v) is 6.23. The number of aromatic nitrogens is 2. The summed E-state index contributed by atoms with van der Waals surface area (Å²) in [6.45, 7) is 1.17. The predicted octanol–water partition coefficient (Wildman–Crippen LogP) is 3.98. The Bertz CT molecular complexity index is 371. The van der Waals surface area contributed by atoms with Crippen molar-refractivity contribution in [2.75, 3.05) is 6.54 Å². The standard InChI is InChI=1S/C16H27N3/c1-2-4-8-14(9-5-3-1)19-13-17-12-16(19)15-10-6-7-11-18-15/h12-15,18H,1-11H2. The molecule has 1 saturated carbocycles. The molecule has 0 amide bonds. The second kappa shape index (κ2) is 6.56. The molecule has 0 bridgehead atoms. The van der Waals surface area contributed by atoms with E-state index in [2.05, 4.69) is 27.4 Å². The lowest BCUT2D eigenvalue weighted by Crippen LogP contribution is -2.29. The van der Waals surface area contributed by atoms with Crippen LogP contribution in [0.1, 0.15) is 82.0 Å². The average molecular weight is 261 g/mol.